The van der Waals surface area contributed by atoms with Crippen LogP contribution in [0.3, 0.4) is 0 Å². The van der Waals surface area contributed by atoms with Crippen molar-refractivity contribution in [3.05, 3.63) is 11.6 Å². The maximum absolute atomic E-state index is 6.03. The highest BCUT2D eigenvalue weighted by Gasteiger charge is 2.36. The highest BCUT2D eigenvalue weighted by Crippen LogP contribution is 2.39. The number of aliphatic imine (C=N–C) groups is 2. The Bertz CT molecular complexity index is 358. The van der Waals surface area contributed by atoms with Crippen LogP contribution in [0.5, 0.6) is 0 Å². The third kappa shape index (κ3) is 3.01. The molecule has 3 nitrogen and oxygen atoms in total. The normalized spacial score (nSPS) is 30.1. The zero-order valence-corrected chi connectivity index (χ0v) is 11.6. The molecule has 0 amide bonds. The van der Waals surface area contributed by atoms with Crippen LogP contribution < -0.4 is 0 Å². The maximum atomic E-state index is 6.03. The lowest BCUT2D eigenvalue weighted by Gasteiger charge is -2.18. The summed E-state index contributed by atoms with van der Waals surface area (Å²) in [5.74, 6) is 1.21. The van der Waals surface area contributed by atoms with Crippen molar-refractivity contribution in [1.82, 2.24) is 0 Å². The molecule has 18 heavy (non-hydrogen) atoms. The van der Waals surface area contributed by atoms with Crippen molar-refractivity contribution in [2.75, 3.05) is 0 Å². The molecule has 1 aliphatic carbocycles. The molecule has 0 radical (unpaired) electrons. The fourth-order valence-electron chi connectivity index (χ4n) is 2.95. The topological polar surface area (TPSA) is 34.0 Å². The van der Waals surface area contributed by atoms with E-state index in [-0.39, 0.29) is 0 Å². The summed E-state index contributed by atoms with van der Waals surface area (Å²) in [5.41, 5.74) is 1.07. The Hall–Kier alpha value is -1.12. The fourth-order valence-corrected chi connectivity index (χ4v) is 2.95. The van der Waals surface area contributed by atoms with Gasteiger partial charge in [-0.2, -0.15) is 0 Å². The Balaban J connectivity index is 2.20. The van der Waals surface area contributed by atoms with Crippen molar-refractivity contribution < 1.29 is 4.74 Å². The van der Waals surface area contributed by atoms with E-state index < -0.39 is 0 Å². The number of fused-ring (bicyclic) bond motifs is 1. The molecule has 1 heterocycles. The van der Waals surface area contributed by atoms with Gasteiger partial charge in [0, 0.05) is 18.3 Å². The predicted octanol–water partition coefficient (Wildman–Crippen LogP) is 4.10. The van der Waals surface area contributed by atoms with Gasteiger partial charge in [-0.15, -0.1) is 0 Å². The van der Waals surface area contributed by atoms with Gasteiger partial charge in [0.15, 0.2) is 0 Å². The smallest absolute Gasteiger partial charge is 0.235 e. The van der Waals surface area contributed by atoms with E-state index >= 15 is 0 Å². The van der Waals surface area contributed by atoms with Gasteiger partial charge in [0.1, 0.15) is 11.8 Å². The molecule has 2 rings (SSSR count). The molecule has 0 saturated heterocycles. The van der Waals surface area contributed by atoms with Gasteiger partial charge in [-0.3, -0.25) is 4.99 Å². The van der Waals surface area contributed by atoms with Crippen LogP contribution in [0.15, 0.2) is 21.6 Å². The van der Waals surface area contributed by atoms with E-state index in [0.717, 1.165) is 18.0 Å². The van der Waals surface area contributed by atoms with Crippen molar-refractivity contribution in [2.24, 2.45) is 15.9 Å². The van der Waals surface area contributed by atoms with Gasteiger partial charge in [0.05, 0.1) is 0 Å². The standard InChI is InChI=1S/C15H24N2O/c1-3-16-14-12-10-8-6-5-7-9-11-13(12)18-15(14)17-4-2/h3-4,12-13H,5-11H2,1-2H3. The lowest BCUT2D eigenvalue weighted by atomic mass is 9.92. The maximum Gasteiger partial charge on any atom is 0.235 e. The highest BCUT2D eigenvalue weighted by atomic mass is 16.5. The molecule has 0 aromatic carbocycles. The number of ether oxygens (including phenoxy) is 1. The first kappa shape index (κ1) is 13.3. The minimum Gasteiger partial charge on any atom is -0.472 e. The van der Waals surface area contributed by atoms with E-state index in [2.05, 4.69) is 9.98 Å². The van der Waals surface area contributed by atoms with Gasteiger partial charge >= 0.3 is 0 Å². The zero-order valence-electron chi connectivity index (χ0n) is 11.6. The molecule has 1 saturated carbocycles. The summed E-state index contributed by atoms with van der Waals surface area (Å²) >= 11 is 0. The lowest BCUT2D eigenvalue weighted by molar-refractivity contribution is 0.0985. The van der Waals surface area contributed by atoms with E-state index in [0.29, 0.717) is 12.0 Å². The Morgan fingerprint density at radius 3 is 2.33 bits per heavy atom. The third-order valence-electron chi connectivity index (χ3n) is 3.80. The second-order valence-electron chi connectivity index (χ2n) is 5.07. The van der Waals surface area contributed by atoms with Crippen molar-refractivity contribution in [3.63, 3.8) is 0 Å². The predicted molar refractivity (Wildman–Crippen MR) is 76.0 cm³/mol. The molecule has 0 N–H and O–H groups in total. The molecule has 2 atom stereocenters. The van der Waals surface area contributed by atoms with Gasteiger partial charge in [-0.05, 0) is 33.1 Å². The molecular weight excluding hydrogens is 224 g/mol. The Kier molecular flexibility index (Phi) is 4.97. The number of hydrogen-bond acceptors (Lipinski definition) is 3. The van der Waals surface area contributed by atoms with Crippen LogP contribution in [-0.2, 0) is 4.74 Å². The molecule has 2 aliphatic rings. The number of rotatable bonds is 2. The molecule has 0 bridgehead atoms. The van der Waals surface area contributed by atoms with E-state index in [9.17, 15) is 0 Å². The molecule has 0 aromatic rings. The zero-order chi connectivity index (χ0) is 12.8. The van der Waals surface area contributed by atoms with Crippen LogP contribution in [-0.4, -0.2) is 18.5 Å². The Labute approximate surface area is 110 Å². The van der Waals surface area contributed by atoms with Crippen molar-refractivity contribution in [2.45, 2.75) is 64.9 Å². The first-order valence-electron chi connectivity index (χ1n) is 7.25. The van der Waals surface area contributed by atoms with Crippen LogP contribution in [0.1, 0.15) is 58.8 Å². The summed E-state index contributed by atoms with van der Waals surface area (Å²) in [6, 6.07) is 0. The third-order valence-corrected chi connectivity index (χ3v) is 3.80. The van der Waals surface area contributed by atoms with Crippen molar-refractivity contribution >= 4 is 12.4 Å². The van der Waals surface area contributed by atoms with E-state index in [1.165, 1.54) is 38.5 Å². The average molecular weight is 248 g/mol. The molecule has 0 aromatic heterocycles. The summed E-state index contributed by atoms with van der Waals surface area (Å²) in [6.07, 6.45) is 12.9. The van der Waals surface area contributed by atoms with Gasteiger partial charge < -0.3 is 4.74 Å². The second kappa shape index (κ2) is 6.72. The summed E-state index contributed by atoms with van der Waals surface area (Å²) in [7, 11) is 0. The first-order valence-corrected chi connectivity index (χ1v) is 7.25. The number of hydrogen-bond donors (Lipinski definition) is 0. The van der Waals surface area contributed by atoms with Gasteiger partial charge in [-0.25, -0.2) is 4.99 Å². The molecular formula is C15H24N2O. The Morgan fingerprint density at radius 1 is 0.944 bits per heavy atom. The SMILES string of the molecule is CC=NC1=C(N=CC)C2CCCCCCCC2O1. The van der Waals surface area contributed by atoms with Crippen LogP contribution in [0.4, 0.5) is 0 Å². The molecule has 100 valence electrons. The van der Waals surface area contributed by atoms with Crippen LogP contribution in [0.2, 0.25) is 0 Å². The second-order valence-corrected chi connectivity index (χ2v) is 5.07. The first-order chi connectivity index (χ1) is 8.86. The van der Waals surface area contributed by atoms with Crippen molar-refractivity contribution in [3.8, 4) is 0 Å². The summed E-state index contributed by atoms with van der Waals surface area (Å²) < 4.78 is 6.03. The quantitative estimate of drug-likeness (QED) is 0.677. The lowest BCUT2D eigenvalue weighted by Crippen LogP contribution is -2.18. The van der Waals surface area contributed by atoms with Crippen LogP contribution >= 0.6 is 0 Å². The van der Waals surface area contributed by atoms with E-state index in [4.69, 9.17) is 4.74 Å². The molecule has 0 spiro atoms. The molecule has 1 fully saturated rings. The minimum absolute atomic E-state index is 0.306. The summed E-state index contributed by atoms with van der Waals surface area (Å²) in [5, 5.41) is 0. The number of nitrogens with zero attached hydrogens (tertiary/aromatic N) is 2. The molecule has 2 unspecified atom stereocenters. The van der Waals surface area contributed by atoms with E-state index in [1.807, 2.05) is 20.1 Å². The fraction of sp³-hybridized carbons (Fsp3) is 0.733. The molecule has 1 aliphatic heterocycles. The van der Waals surface area contributed by atoms with E-state index in [1.54, 1.807) is 6.21 Å². The van der Waals surface area contributed by atoms with Crippen LogP contribution in [0, 0.1) is 5.92 Å². The van der Waals surface area contributed by atoms with Crippen molar-refractivity contribution in [1.29, 1.82) is 0 Å². The summed E-state index contributed by atoms with van der Waals surface area (Å²) in [4.78, 5) is 8.88. The van der Waals surface area contributed by atoms with Gasteiger partial charge in [0.2, 0.25) is 5.88 Å². The average Bonchev–Trinajstić information content (AvgIpc) is 2.72. The van der Waals surface area contributed by atoms with Gasteiger partial charge in [0.25, 0.3) is 0 Å². The minimum atomic E-state index is 0.306. The Morgan fingerprint density at radius 2 is 1.61 bits per heavy atom. The highest BCUT2D eigenvalue weighted by molar-refractivity contribution is 5.58. The molecule has 3 heteroatoms. The largest absolute Gasteiger partial charge is 0.472 e. The monoisotopic (exact) mass is 248 g/mol. The van der Waals surface area contributed by atoms with Crippen LogP contribution in [0.25, 0.3) is 0 Å². The van der Waals surface area contributed by atoms with Gasteiger partial charge in [-0.1, -0.05) is 25.7 Å². The summed E-state index contributed by atoms with van der Waals surface area (Å²) in [6.45, 7) is 3.89.